The Kier molecular flexibility index (Phi) is 5.00. The van der Waals surface area contributed by atoms with E-state index in [1.165, 1.54) is 0 Å². The van der Waals surface area contributed by atoms with E-state index < -0.39 is 12.7 Å². The number of carbonyl (C=O) groups is 1. The summed E-state index contributed by atoms with van der Waals surface area (Å²) in [6.07, 6.45) is 2.90. The molecule has 0 heterocycles. The van der Waals surface area contributed by atoms with Gasteiger partial charge in [0.15, 0.2) is 0 Å². The van der Waals surface area contributed by atoms with Crippen LogP contribution in [0.4, 0.5) is 13.6 Å². The summed E-state index contributed by atoms with van der Waals surface area (Å²) in [6, 6.07) is 9.83. The Labute approximate surface area is 147 Å². The Morgan fingerprint density at radius 2 is 1.76 bits per heavy atom. The third kappa shape index (κ3) is 3.94. The maximum absolute atomic E-state index is 12.5. The molecule has 4 nitrogen and oxygen atoms in total. The molecule has 0 radical (unpaired) electrons. The molecule has 2 aliphatic carbocycles. The standard InChI is InChI=1S/C19H26F2N2O2/c1-18(2)12-19(18,13-6-4-3-5-7-13)23-17(24)22-14-8-10-15(11-9-14)25-16(20)21/h3-7,14-16H,8-12H2,1-2H3,(H2,22,23,24). The van der Waals surface area contributed by atoms with Gasteiger partial charge < -0.3 is 15.4 Å². The van der Waals surface area contributed by atoms with Gasteiger partial charge in [0.1, 0.15) is 0 Å². The summed E-state index contributed by atoms with van der Waals surface area (Å²) in [5, 5.41) is 6.17. The molecule has 0 saturated heterocycles. The average Bonchev–Trinajstić information content (AvgIpc) is 3.11. The van der Waals surface area contributed by atoms with E-state index in [0.717, 1.165) is 12.0 Å². The van der Waals surface area contributed by atoms with Crippen LogP contribution in [0.2, 0.25) is 0 Å². The van der Waals surface area contributed by atoms with Crippen LogP contribution >= 0.6 is 0 Å². The number of carbonyl (C=O) groups excluding carboxylic acids is 1. The molecule has 1 aromatic carbocycles. The number of alkyl halides is 2. The first-order chi connectivity index (χ1) is 11.8. The van der Waals surface area contributed by atoms with Crippen LogP contribution < -0.4 is 10.6 Å². The van der Waals surface area contributed by atoms with Crippen molar-refractivity contribution in [1.29, 1.82) is 0 Å². The van der Waals surface area contributed by atoms with Crippen LogP contribution in [-0.4, -0.2) is 24.8 Å². The van der Waals surface area contributed by atoms with E-state index in [-0.39, 0.29) is 23.0 Å². The van der Waals surface area contributed by atoms with Crippen molar-refractivity contribution in [2.24, 2.45) is 5.41 Å². The zero-order valence-corrected chi connectivity index (χ0v) is 14.7. The van der Waals surface area contributed by atoms with E-state index >= 15 is 0 Å². The molecule has 6 heteroatoms. The monoisotopic (exact) mass is 352 g/mol. The average molecular weight is 352 g/mol. The van der Waals surface area contributed by atoms with E-state index in [4.69, 9.17) is 0 Å². The molecule has 1 atom stereocenters. The summed E-state index contributed by atoms with van der Waals surface area (Å²) in [5.41, 5.74) is 0.784. The minimum absolute atomic E-state index is 0.00667. The number of ether oxygens (including phenoxy) is 1. The van der Waals surface area contributed by atoms with Crippen molar-refractivity contribution < 1.29 is 18.3 Å². The number of halogens is 2. The fourth-order valence-electron chi connectivity index (χ4n) is 4.02. The lowest BCUT2D eigenvalue weighted by Gasteiger charge is -2.30. The van der Waals surface area contributed by atoms with Crippen molar-refractivity contribution in [2.75, 3.05) is 0 Å². The summed E-state index contributed by atoms with van der Waals surface area (Å²) in [6.45, 7) is 1.57. The van der Waals surface area contributed by atoms with E-state index in [2.05, 4.69) is 29.2 Å². The fraction of sp³-hybridized carbons (Fsp3) is 0.632. The smallest absolute Gasteiger partial charge is 0.335 e. The van der Waals surface area contributed by atoms with Crippen LogP contribution in [-0.2, 0) is 10.3 Å². The molecule has 3 rings (SSSR count). The highest BCUT2D eigenvalue weighted by Gasteiger charge is 2.63. The van der Waals surface area contributed by atoms with Gasteiger partial charge in [0.05, 0.1) is 11.6 Å². The fourth-order valence-corrected chi connectivity index (χ4v) is 4.02. The number of amides is 2. The van der Waals surface area contributed by atoms with E-state index in [1.807, 2.05) is 30.3 Å². The topological polar surface area (TPSA) is 50.4 Å². The summed E-state index contributed by atoms with van der Waals surface area (Å²) >= 11 is 0. The second-order valence-electron chi connectivity index (χ2n) is 7.80. The zero-order chi connectivity index (χ0) is 18.1. The SMILES string of the molecule is CC1(C)CC1(NC(=O)NC1CCC(OC(F)F)CC1)c1ccccc1. The molecule has 25 heavy (non-hydrogen) atoms. The lowest BCUT2D eigenvalue weighted by molar-refractivity contribution is -0.170. The Bertz CT molecular complexity index is 601. The first-order valence-electron chi connectivity index (χ1n) is 8.90. The number of nitrogens with one attached hydrogen (secondary N) is 2. The van der Waals surface area contributed by atoms with Gasteiger partial charge in [-0.25, -0.2) is 4.79 Å². The van der Waals surface area contributed by atoms with Gasteiger partial charge in [-0.2, -0.15) is 8.78 Å². The summed E-state index contributed by atoms with van der Waals surface area (Å²) in [5.74, 6) is 0. The summed E-state index contributed by atoms with van der Waals surface area (Å²) < 4.78 is 29.1. The van der Waals surface area contributed by atoms with E-state index in [9.17, 15) is 13.6 Å². The normalized spacial score (nSPS) is 30.8. The number of hydrogen-bond acceptors (Lipinski definition) is 2. The van der Waals surface area contributed by atoms with Gasteiger partial charge in [0.25, 0.3) is 0 Å². The molecule has 0 bridgehead atoms. The van der Waals surface area contributed by atoms with Gasteiger partial charge in [0.2, 0.25) is 0 Å². The molecule has 1 aromatic rings. The van der Waals surface area contributed by atoms with Crippen molar-refractivity contribution in [3.8, 4) is 0 Å². The summed E-state index contributed by atoms with van der Waals surface area (Å²) in [7, 11) is 0. The molecule has 2 saturated carbocycles. The zero-order valence-electron chi connectivity index (χ0n) is 14.7. The molecular formula is C19H26F2N2O2. The largest absolute Gasteiger partial charge is 0.345 e. The van der Waals surface area contributed by atoms with Crippen LogP contribution in [0.1, 0.15) is 51.5 Å². The quantitative estimate of drug-likeness (QED) is 0.836. The minimum atomic E-state index is -2.72. The number of rotatable bonds is 5. The summed E-state index contributed by atoms with van der Waals surface area (Å²) in [4.78, 5) is 12.5. The van der Waals surface area contributed by atoms with Gasteiger partial charge in [-0.3, -0.25) is 0 Å². The van der Waals surface area contributed by atoms with Crippen LogP contribution in [0.25, 0.3) is 0 Å². The van der Waals surface area contributed by atoms with Gasteiger partial charge in [0, 0.05) is 6.04 Å². The Balaban J connectivity index is 1.54. The molecule has 0 aromatic heterocycles. The first kappa shape index (κ1) is 18.1. The molecule has 138 valence electrons. The molecule has 0 aliphatic heterocycles. The number of hydrogen-bond donors (Lipinski definition) is 2. The van der Waals surface area contributed by atoms with Crippen molar-refractivity contribution in [2.45, 2.75) is 70.2 Å². The van der Waals surface area contributed by atoms with Crippen LogP contribution in [0.3, 0.4) is 0 Å². The maximum atomic E-state index is 12.5. The highest BCUT2D eigenvalue weighted by molar-refractivity contribution is 5.76. The molecule has 2 N–H and O–H groups in total. The van der Waals surface area contributed by atoms with Gasteiger partial charge in [-0.1, -0.05) is 44.2 Å². The molecule has 2 fully saturated rings. The Morgan fingerprint density at radius 3 is 2.28 bits per heavy atom. The third-order valence-corrected chi connectivity index (χ3v) is 5.64. The van der Waals surface area contributed by atoms with Crippen molar-refractivity contribution in [3.63, 3.8) is 0 Å². The predicted octanol–water partition coefficient (Wildman–Crippen LogP) is 4.16. The van der Waals surface area contributed by atoms with Gasteiger partial charge in [-0.05, 0) is 43.1 Å². The van der Waals surface area contributed by atoms with Gasteiger partial charge in [-0.15, -0.1) is 0 Å². The minimum Gasteiger partial charge on any atom is -0.335 e. The molecule has 2 amide bonds. The highest BCUT2D eigenvalue weighted by atomic mass is 19.3. The lowest BCUT2D eigenvalue weighted by Crippen LogP contribution is -2.49. The molecule has 1 unspecified atom stereocenters. The predicted molar refractivity (Wildman–Crippen MR) is 91.3 cm³/mol. The molecular weight excluding hydrogens is 326 g/mol. The van der Waals surface area contributed by atoms with Crippen LogP contribution in [0.15, 0.2) is 30.3 Å². The number of benzene rings is 1. The number of urea groups is 1. The highest BCUT2D eigenvalue weighted by Crippen LogP contribution is 2.62. The van der Waals surface area contributed by atoms with Gasteiger partial charge >= 0.3 is 12.6 Å². The van der Waals surface area contributed by atoms with E-state index in [0.29, 0.717) is 25.7 Å². The van der Waals surface area contributed by atoms with E-state index in [1.54, 1.807) is 0 Å². The van der Waals surface area contributed by atoms with Crippen LogP contribution in [0, 0.1) is 5.41 Å². The lowest BCUT2D eigenvalue weighted by atomic mass is 9.93. The Hall–Kier alpha value is -1.69. The third-order valence-electron chi connectivity index (χ3n) is 5.64. The van der Waals surface area contributed by atoms with Crippen molar-refractivity contribution in [1.82, 2.24) is 10.6 Å². The van der Waals surface area contributed by atoms with Crippen LogP contribution in [0.5, 0.6) is 0 Å². The van der Waals surface area contributed by atoms with Crippen molar-refractivity contribution in [3.05, 3.63) is 35.9 Å². The Morgan fingerprint density at radius 1 is 1.16 bits per heavy atom. The molecule has 0 spiro atoms. The maximum Gasteiger partial charge on any atom is 0.345 e. The molecule has 2 aliphatic rings. The first-order valence-corrected chi connectivity index (χ1v) is 8.90. The second-order valence-corrected chi connectivity index (χ2v) is 7.80. The van der Waals surface area contributed by atoms with Crippen molar-refractivity contribution >= 4 is 6.03 Å². The second kappa shape index (κ2) is 6.90.